The monoisotopic (exact) mass is 159 g/mol. The zero-order valence-electron chi connectivity index (χ0n) is 7.85. The fourth-order valence-corrected chi connectivity index (χ4v) is 0.684. The third-order valence-electron chi connectivity index (χ3n) is 1.38. The molecule has 0 heterocycles. The van der Waals surface area contributed by atoms with Crippen molar-refractivity contribution >= 4 is 0 Å². The number of hydrogen-bond acceptors (Lipinski definition) is 2. The Bertz CT molecular complexity index is 72.0. The normalized spacial score (nSPS) is 10.9. The zero-order valence-corrected chi connectivity index (χ0v) is 7.85. The molecule has 0 atom stereocenters. The van der Waals surface area contributed by atoms with Crippen molar-refractivity contribution in [2.45, 2.75) is 26.7 Å². The summed E-state index contributed by atoms with van der Waals surface area (Å²) in [4.78, 5) is 0. The first kappa shape index (κ1) is 10.9. The average molecular weight is 159 g/mol. The van der Waals surface area contributed by atoms with E-state index >= 15 is 0 Å². The highest BCUT2D eigenvalue weighted by molar-refractivity contribution is 4.75. The Hall–Kier alpha value is -0.0800. The molecule has 11 heavy (non-hydrogen) atoms. The Labute approximate surface area is 69.9 Å². The number of rotatable bonds is 7. The maximum Gasteiger partial charge on any atom is 0.0487 e. The minimum atomic E-state index is 0.800. The summed E-state index contributed by atoms with van der Waals surface area (Å²) in [5.74, 6) is 1.43. The van der Waals surface area contributed by atoms with E-state index in [1.54, 1.807) is 7.11 Å². The van der Waals surface area contributed by atoms with Crippen LogP contribution in [0.1, 0.15) is 26.7 Å². The van der Waals surface area contributed by atoms with Crippen LogP contribution in [-0.2, 0) is 9.47 Å². The molecule has 0 spiro atoms. The topological polar surface area (TPSA) is 18.5 Å². The van der Waals surface area contributed by atoms with Crippen molar-refractivity contribution < 1.29 is 9.47 Å². The van der Waals surface area contributed by atoms with Crippen LogP contribution in [0, 0.1) is 5.92 Å². The highest BCUT2D eigenvalue weighted by Crippen LogP contribution is 2.01. The minimum Gasteiger partial charge on any atom is -0.385 e. The van der Waals surface area contributed by atoms with Crippen molar-refractivity contribution in [3.63, 3.8) is 0 Å². The summed E-state index contributed by atoms with van der Waals surface area (Å²) in [6, 6.07) is 0. The van der Waals surface area contributed by atoms with Gasteiger partial charge in [-0.1, -0.05) is 13.8 Å². The van der Waals surface area contributed by atoms with Crippen molar-refractivity contribution in [1.29, 1.82) is 0 Å². The van der Waals surface area contributed by atoms with E-state index in [-0.39, 0.29) is 0 Å². The Morgan fingerprint density at radius 1 is 1.09 bits per heavy atom. The predicted molar refractivity (Wildman–Crippen MR) is 46.5 cm³/mol. The predicted octanol–water partition coefficient (Wildman–Crippen LogP) is 2.04. The van der Waals surface area contributed by atoms with E-state index in [9.17, 15) is 0 Å². The molecule has 2 nitrogen and oxygen atoms in total. The van der Waals surface area contributed by atoms with Crippen LogP contribution in [-0.4, -0.2) is 26.9 Å². The van der Waals surface area contributed by atoms with Gasteiger partial charge in [0, 0.05) is 26.9 Å². The summed E-state index contributed by atoms with van der Waals surface area (Å²) >= 11 is 0. The molecule has 0 amide bonds. The Kier molecular flexibility index (Phi) is 7.96. The van der Waals surface area contributed by atoms with Crippen molar-refractivity contribution in [2.24, 2.45) is 0 Å². The van der Waals surface area contributed by atoms with Gasteiger partial charge in [0.2, 0.25) is 0 Å². The van der Waals surface area contributed by atoms with E-state index in [1.807, 2.05) is 0 Å². The van der Waals surface area contributed by atoms with Gasteiger partial charge in [0.1, 0.15) is 0 Å². The molecule has 0 aromatic carbocycles. The summed E-state index contributed by atoms with van der Waals surface area (Å²) < 4.78 is 10.2. The molecule has 0 aliphatic rings. The summed E-state index contributed by atoms with van der Waals surface area (Å²) in [6.45, 7) is 6.72. The van der Waals surface area contributed by atoms with E-state index in [1.165, 1.54) is 5.92 Å². The molecule has 1 radical (unpaired) electrons. The molecule has 0 aliphatic heterocycles. The van der Waals surface area contributed by atoms with E-state index in [2.05, 4.69) is 13.8 Å². The van der Waals surface area contributed by atoms with Crippen molar-refractivity contribution in [2.75, 3.05) is 26.9 Å². The first-order valence-corrected chi connectivity index (χ1v) is 4.13. The van der Waals surface area contributed by atoms with Gasteiger partial charge in [-0.05, 0) is 18.8 Å². The first-order valence-electron chi connectivity index (χ1n) is 4.13. The molecule has 0 N–H and O–H groups in total. The van der Waals surface area contributed by atoms with Crippen LogP contribution >= 0.6 is 0 Å². The second-order valence-corrected chi connectivity index (χ2v) is 2.92. The standard InChI is InChI=1S/C9H19O2/c1-9(2)5-8-11-7-4-6-10-3/h4-8H2,1-3H3. The Morgan fingerprint density at radius 2 is 1.82 bits per heavy atom. The third kappa shape index (κ3) is 9.92. The maximum absolute atomic E-state index is 5.35. The first-order chi connectivity index (χ1) is 5.27. The van der Waals surface area contributed by atoms with Crippen LogP contribution in [0.15, 0.2) is 0 Å². The van der Waals surface area contributed by atoms with Gasteiger partial charge < -0.3 is 9.47 Å². The third-order valence-corrected chi connectivity index (χ3v) is 1.38. The van der Waals surface area contributed by atoms with Crippen LogP contribution in [0.4, 0.5) is 0 Å². The summed E-state index contributed by atoms with van der Waals surface area (Å²) in [5.41, 5.74) is 0. The van der Waals surface area contributed by atoms with Crippen molar-refractivity contribution in [1.82, 2.24) is 0 Å². The lowest BCUT2D eigenvalue weighted by Gasteiger charge is -2.05. The molecule has 2 heteroatoms. The lowest BCUT2D eigenvalue weighted by molar-refractivity contribution is 0.103. The molecule has 0 saturated carbocycles. The van der Waals surface area contributed by atoms with Gasteiger partial charge in [0.05, 0.1) is 0 Å². The molecular weight excluding hydrogens is 140 g/mol. The van der Waals surface area contributed by atoms with Gasteiger partial charge in [-0.15, -0.1) is 0 Å². The molecule has 0 fully saturated rings. The van der Waals surface area contributed by atoms with E-state index in [0.29, 0.717) is 0 Å². The lowest BCUT2D eigenvalue weighted by Crippen LogP contribution is -2.01. The molecule has 0 saturated heterocycles. The van der Waals surface area contributed by atoms with Crippen molar-refractivity contribution in [3.8, 4) is 0 Å². The highest BCUT2D eigenvalue weighted by Gasteiger charge is 1.93. The molecule has 0 rings (SSSR count). The molecule has 0 aromatic heterocycles. The fourth-order valence-electron chi connectivity index (χ4n) is 0.684. The summed E-state index contributed by atoms with van der Waals surface area (Å²) in [5, 5.41) is 0. The average Bonchev–Trinajstić information content (AvgIpc) is 1.96. The summed E-state index contributed by atoms with van der Waals surface area (Å²) in [7, 11) is 1.71. The molecule has 0 aromatic rings. The largest absolute Gasteiger partial charge is 0.385 e. The SMILES string of the molecule is COCCCOCC[C](C)C. The summed E-state index contributed by atoms with van der Waals surface area (Å²) in [6.07, 6.45) is 2.08. The van der Waals surface area contributed by atoms with Gasteiger partial charge >= 0.3 is 0 Å². The van der Waals surface area contributed by atoms with Crippen LogP contribution in [0.3, 0.4) is 0 Å². The lowest BCUT2D eigenvalue weighted by atomic mass is 10.1. The Balaban J connectivity index is 2.80. The highest BCUT2D eigenvalue weighted by atomic mass is 16.5. The minimum absolute atomic E-state index is 0.800. The zero-order chi connectivity index (χ0) is 8.53. The van der Waals surface area contributed by atoms with Gasteiger partial charge in [0.15, 0.2) is 0 Å². The van der Waals surface area contributed by atoms with Gasteiger partial charge in [-0.25, -0.2) is 0 Å². The number of hydrogen-bond donors (Lipinski definition) is 0. The van der Waals surface area contributed by atoms with Crippen LogP contribution in [0.25, 0.3) is 0 Å². The molecule has 67 valence electrons. The van der Waals surface area contributed by atoms with E-state index in [0.717, 1.165) is 32.7 Å². The number of ether oxygens (including phenoxy) is 2. The molecule has 0 bridgehead atoms. The maximum atomic E-state index is 5.35. The van der Waals surface area contributed by atoms with Gasteiger partial charge in [0.25, 0.3) is 0 Å². The van der Waals surface area contributed by atoms with Gasteiger partial charge in [-0.2, -0.15) is 0 Å². The molecular formula is C9H19O2. The Morgan fingerprint density at radius 3 is 2.36 bits per heavy atom. The van der Waals surface area contributed by atoms with E-state index in [4.69, 9.17) is 9.47 Å². The molecule has 0 aliphatic carbocycles. The second-order valence-electron chi connectivity index (χ2n) is 2.92. The second kappa shape index (κ2) is 8.02. The van der Waals surface area contributed by atoms with Crippen molar-refractivity contribution in [3.05, 3.63) is 5.92 Å². The number of methoxy groups -OCH3 is 1. The smallest absolute Gasteiger partial charge is 0.0487 e. The molecule has 0 unspecified atom stereocenters. The van der Waals surface area contributed by atoms with Crippen LogP contribution in [0.2, 0.25) is 0 Å². The fraction of sp³-hybridized carbons (Fsp3) is 0.889. The van der Waals surface area contributed by atoms with Crippen LogP contribution in [0.5, 0.6) is 0 Å². The van der Waals surface area contributed by atoms with Gasteiger partial charge in [-0.3, -0.25) is 0 Å². The quantitative estimate of drug-likeness (QED) is 0.529. The van der Waals surface area contributed by atoms with Crippen LogP contribution < -0.4 is 0 Å². The van der Waals surface area contributed by atoms with E-state index < -0.39 is 0 Å².